The minimum Gasteiger partial charge on any atom is -0.383 e. The number of rotatable bonds is 12. The van der Waals surface area contributed by atoms with Gasteiger partial charge in [-0.3, -0.25) is 9.59 Å². The highest BCUT2D eigenvalue weighted by Crippen LogP contribution is 2.26. The quantitative estimate of drug-likeness (QED) is 0.215. The van der Waals surface area contributed by atoms with Gasteiger partial charge < -0.3 is 20.3 Å². The maximum absolute atomic E-state index is 13.2. The van der Waals surface area contributed by atoms with Gasteiger partial charge in [0.1, 0.15) is 11.6 Å². The molecule has 0 spiro atoms. The Morgan fingerprint density at radius 2 is 2.06 bits per heavy atom. The average Bonchev–Trinajstić information content (AvgIpc) is 3.47. The molecule has 3 aromatic rings. The SMILES string of the molecule is CCCSc1nc(NCCOC)c2cnn(CCNC(=O)C3CC(=O)N(c4ccc(F)cc4)C3)c2n1. The van der Waals surface area contributed by atoms with E-state index in [0.717, 1.165) is 17.6 Å². The molecule has 2 N–H and O–H groups in total. The van der Waals surface area contributed by atoms with Crippen molar-refractivity contribution in [2.75, 3.05) is 49.3 Å². The highest BCUT2D eigenvalue weighted by molar-refractivity contribution is 7.99. The summed E-state index contributed by atoms with van der Waals surface area (Å²) in [6.07, 6.45) is 2.85. The number of nitrogens with one attached hydrogen (secondary N) is 2. The fourth-order valence-corrected chi connectivity index (χ4v) is 4.64. The van der Waals surface area contributed by atoms with Gasteiger partial charge in [-0.15, -0.1) is 0 Å². The van der Waals surface area contributed by atoms with Crippen LogP contribution < -0.4 is 15.5 Å². The molecular weight excluding hydrogens is 485 g/mol. The Hall–Kier alpha value is -3.25. The Morgan fingerprint density at radius 3 is 2.81 bits per heavy atom. The smallest absolute Gasteiger partial charge is 0.227 e. The lowest BCUT2D eigenvalue weighted by Gasteiger charge is -2.16. The number of aromatic nitrogens is 4. The van der Waals surface area contributed by atoms with Gasteiger partial charge in [0, 0.05) is 44.6 Å². The van der Waals surface area contributed by atoms with E-state index in [1.54, 1.807) is 41.9 Å². The zero-order chi connectivity index (χ0) is 25.5. The first-order valence-electron chi connectivity index (χ1n) is 11.9. The number of fused-ring (bicyclic) bond motifs is 1. The number of amides is 2. The van der Waals surface area contributed by atoms with E-state index in [-0.39, 0.29) is 30.6 Å². The maximum Gasteiger partial charge on any atom is 0.227 e. The molecule has 1 aliphatic rings. The first-order valence-corrected chi connectivity index (χ1v) is 12.9. The molecule has 192 valence electrons. The van der Waals surface area contributed by atoms with Crippen LogP contribution in [0.2, 0.25) is 0 Å². The molecule has 10 nitrogen and oxygen atoms in total. The van der Waals surface area contributed by atoms with Crippen molar-refractivity contribution in [3.8, 4) is 0 Å². The zero-order valence-corrected chi connectivity index (χ0v) is 21.2. The summed E-state index contributed by atoms with van der Waals surface area (Å²) >= 11 is 1.58. The van der Waals surface area contributed by atoms with E-state index in [1.165, 1.54) is 17.0 Å². The second-order valence-corrected chi connectivity index (χ2v) is 9.46. The molecular formula is C24H30FN7O3S. The van der Waals surface area contributed by atoms with Crippen LogP contribution in [0.4, 0.5) is 15.9 Å². The van der Waals surface area contributed by atoms with Crippen LogP contribution in [0.25, 0.3) is 11.0 Å². The predicted molar refractivity (Wildman–Crippen MR) is 137 cm³/mol. The molecule has 1 fully saturated rings. The molecule has 1 unspecified atom stereocenters. The fraction of sp³-hybridized carbons (Fsp3) is 0.458. The van der Waals surface area contributed by atoms with Crippen molar-refractivity contribution in [3.05, 3.63) is 36.3 Å². The van der Waals surface area contributed by atoms with Gasteiger partial charge in [-0.25, -0.2) is 19.0 Å². The second kappa shape index (κ2) is 12.1. The first-order chi connectivity index (χ1) is 17.5. The van der Waals surface area contributed by atoms with Crippen LogP contribution in [0.1, 0.15) is 19.8 Å². The minimum atomic E-state index is -0.465. The van der Waals surface area contributed by atoms with E-state index in [4.69, 9.17) is 4.74 Å². The Kier molecular flexibility index (Phi) is 8.70. The van der Waals surface area contributed by atoms with Crippen molar-refractivity contribution in [1.82, 2.24) is 25.1 Å². The summed E-state index contributed by atoms with van der Waals surface area (Å²) in [4.78, 5) is 36.0. The van der Waals surface area contributed by atoms with Gasteiger partial charge in [0.2, 0.25) is 11.8 Å². The molecule has 0 radical (unpaired) electrons. The molecule has 1 atom stereocenters. The number of halogens is 1. The summed E-state index contributed by atoms with van der Waals surface area (Å²) in [5, 5.41) is 12.1. The Morgan fingerprint density at radius 1 is 1.25 bits per heavy atom. The lowest BCUT2D eigenvalue weighted by atomic mass is 10.1. The second-order valence-electron chi connectivity index (χ2n) is 8.40. The molecule has 1 aliphatic heterocycles. The van der Waals surface area contributed by atoms with Crippen LogP contribution in [0, 0.1) is 11.7 Å². The van der Waals surface area contributed by atoms with Gasteiger partial charge in [0.25, 0.3) is 0 Å². The Balaban J connectivity index is 1.38. The maximum atomic E-state index is 13.2. The summed E-state index contributed by atoms with van der Waals surface area (Å²) in [7, 11) is 1.65. The molecule has 12 heteroatoms. The van der Waals surface area contributed by atoms with Crippen molar-refractivity contribution >= 4 is 46.1 Å². The number of hydrogen-bond acceptors (Lipinski definition) is 8. The van der Waals surface area contributed by atoms with E-state index in [2.05, 4.69) is 32.6 Å². The van der Waals surface area contributed by atoms with Crippen molar-refractivity contribution in [3.63, 3.8) is 0 Å². The Labute approximate surface area is 213 Å². The molecule has 36 heavy (non-hydrogen) atoms. The van der Waals surface area contributed by atoms with Crippen molar-refractivity contribution < 1.29 is 18.7 Å². The topological polar surface area (TPSA) is 114 Å². The van der Waals surface area contributed by atoms with Crippen LogP contribution >= 0.6 is 11.8 Å². The van der Waals surface area contributed by atoms with Crippen LogP contribution in [0.3, 0.4) is 0 Å². The third kappa shape index (κ3) is 6.11. The Bertz CT molecular complexity index is 1200. The van der Waals surface area contributed by atoms with E-state index in [9.17, 15) is 14.0 Å². The van der Waals surface area contributed by atoms with Crippen LogP contribution in [-0.2, 0) is 20.9 Å². The highest BCUT2D eigenvalue weighted by Gasteiger charge is 2.35. The third-order valence-corrected chi connectivity index (χ3v) is 6.82. The lowest BCUT2D eigenvalue weighted by Crippen LogP contribution is -2.35. The predicted octanol–water partition coefficient (Wildman–Crippen LogP) is 2.70. The molecule has 1 saturated heterocycles. The third-order valence-electron chi connectivity index (χ3n) is 5.77. The van der Waals surface area contributed by atoms with Gasteiger partial charge in [-0.2, -0.15) is 5.10 Å². The van der Waals surface area contributed by atoms with E-state index in [1.807, 2.05) is 0 Å². The van der Waals surface area contributed by atoms with Crippen LogP contribution in [-0.4, -0.2) is 70.7 Å². The number of ether oxygens (including phenoxy) is 1. The van der Waals surface area contributed by atoms with Crippen LogP contribution in [0.15, 0.2) is 35.6 Å². The molecule has 0 aliphatic carbocycles. The average molecular weight is 516 g/mol. The van der Waals surface area contributed by atoms with E-state index in [0.29, 0.717) is 48.6 Å². The molecule has 2 amide bonds. The minimum absolute atomic E-state index is 0.121. The lowest BCUT2D eigenvalue weighted by molar-refractivity contribution is -0.126. The number of anilines is 2. The van der Waals surface area contributed by atoms with Gasteiger partial charge in [0.15, 0.2) is 10.8 Å². The van der Waals surface area contributed by atoms with Crippen molar-refractivity contribution in [2.45, 2.75) is 31.5 Å². The molecule has 0 bridgehead atoms. The van der Waals surface area contributed by atoms with E-state index >= 15 is 0 Å². The first kappa shape index (κ1) is 25.8. The number of nitrogens with zero attached hydrogens (tertiary/aromatic N) is 5. The molecule has 1 aromatic carbocycles. The number of carbonyl (C=O) groups is 2. The highest BCUT2D eigenvalue weighted by atomic mass is 32.2. The normalized spacial score (nSPS) is 15.6. The van der Waals surface area contributed by atoms with Gasteiger partial charge >= 0.3 is 0 Å². The van der Waals surface area contributed by atoms with Crippen molar-refractivity contribution in [1.29, 1.82) is 0 Å². The summed E-state index contributed by atoms with van der Waals surface area (Å²) in [5.74, 6) is 0.430. The van der Waals surface area contributed by atoms with E-state index < -0.39 is 5.92 Å². The summed E-state index contributed by atoms with van der Waals surface area (Å²) in [6.45, 7) is 4.28. The molecule has 3 heterocycles. The van der Waals surface area contributed by atoms with Crippen LogP contribution in [0.5, 0.6) is 0 Å². The molecule has 0 saturated carbocycles. The number of carbonyl (C=O) groups excluding carboxylic acids is 2. The van der Waals surface area contributed by atoms with Gasteiger partial charge in [-0.1, -0.05) is 18.7 Å². The standard InChI is InChI=1S/C24H30FN7O3S/c1-3-12-36-24-29-21(26-9-11-35-2)19-14-28-32(22(19)30-24)10-8-27-23(34)16-13-20(33)31(15-16)18-6-4-17(25)5-7-18/h4-7,14,16H,3,8-13,15H2,1-2H3,(H,27,34)(H,26,29,30). The molecule has 2 aromatic heterocycles. The summed E-state index contributed by atoms with van der Waals surface area (Å²) in [5.41, 5.74) is 1.28. The number of thioether (sulfide) groups is 1. The number of methoxy groups -OCH3 is 1. The monoisotopic (exact) mass is 515 g/mol. The number of hydrogen-bond donors (Lipinski definition) is 2. The molecule has 4 rings (SSSR count). The largest absolute Gasteiger partial charge is 0.383 e. The summed E-state index contributed by atoms with van der Waals surface area (Å²) in [6, 6.07) is 5.70. The number of benzene rings is 1. The zero-order valence-electron chi connectivity index (χ0n) is 20.4. The van der Waals surface area contributed by atoms with Gasteiger partial charge in [0.05, 0.1) is 30.7 Å². The van der Waals surface area contributed by atoms with Crippen molar-refractivity contribution in [2.24, 2.45) is 5.92 Å². The summed E-state index contributed by atoms with van der Waals surface area (Å²) < 4.78 is 20.1. The van der Waals surface area contributed by atoms with Gasteiger partial charge in [-0.05, 0) is 30.7 Å². The fourth-order valence-electron chi connectivity index (χ4n) is 3.95.